The number of aromatic nitrogens is 1. The molecule has 1 aromatic carbocycles. The highest BCUT2D eigenvalue weighted by Crippen LogP contribution is 2.06. The third kappa shape index (κ3) is 2.65. The first-order valence-electron chi connectivity index (χ1n) is 5.87. The number of oxime groups is 1. The Bertz CT molecular complexity index is 595. The maximum atomic E-state index is 12.1. The van der Waals surface area contributed by atoms with Crippen molar-refractivity contribution < 1.29 is 10.0 Å². The highest BCUT2D eigenvalue weighted by Gasteiger charge is 2.15. The van der Waals surface area contributed by atoms with Crippen LogP contribution < -0.4 is 5.43 Å². The van der Waals surface area contributed by atoms with E-state index >= 15 is 0 Å². The predicted molar refractivity (Wildman–Crippen MR) is 73.0 cm³/mol. The summed E-state index contributed by atoms with van der Waals surface area (Å²) in [6, 6.07) is 12.6. The molecular weight excluding hydrogens is 242 g/mol. The molecule has 0 aliphatic heterocycles. The molecule has 2 N–H and O–H groups in total. The minimum absolute atomic E-state index is 0.0203. The van der Waals surface area contributed by atoms with Crippen LogP contribution in [0.15, 0.2) is 47.6 Å². The SMILES string of the molecule is Cc1ccc(C)n1NC(=O)/C(=N/O)c1ccccc1. The molecule has 19 heavy (non-hydrogen) atoms. The number of hydrogen-bond acceptors (Lipinski definition) is 3. The van der Waals surface area contributed by atoms with Crippen molar-refractivity contribution >= 4 is 11.6 Å². The molecule has 0 aliphatic carbocycles. The molecule has 0 atom stereocenters. The molecule has 0 unspecified atom stereocenters. The molecule has 1 heterocycles. The number of aryl methyl sites for hydroxylation is 2. The van der Waals surface area contributed by atoms with E-state index < -0.39 is 5.91 Å². The van der Waals surface area contributed by atoms with Crippen molar-refractivity contribution in [3.05, 3.63) is 59.4 Å². The summed E-state index contributed by atoms with van der Waals surface area (Å²) in [6.07, 6.45) is 0. The third-order valence-electron chi connectivity index (χ3n) is 2.85. The average molecular weight is 257 g/mol. The summed E-state index contributed by atoms with van der Waals surface area (Å²) in [4.78, 5) is 12.1. The Balaban J connectivity index is 2.25. The Morgan fingerprint density at radius 2 is 1.68 bits per heavy atom. The van der Waals surface area contributed by atoms with Crippen LogP contribution in [0, 0.1) is 13.8 Å². The molecule has 0 radical (unpaired) electrons. The van der Waals surface area contributed by atoms with E-state index in [0.717, 1.165) is 11.4 Å². The predicted octanol–water partition coefficient (Wildman–Crippen LogP) is 2.05. The standard InChI is InChI=1S/C14H15N3O2/c1-10-8-9-11(2)17(10)15-14(18)13(16-19)12-6-4-3-5-7-12/h3-9,19H,1-2H3,(H,15,18)/b16-13+. The molecule has 1 aromatic heterocycles. The smallest absolute Gasteiger partial charge is 0.292 e. The van der Waals surface area contributed by atoms with Gasteiger partial charge in [-0.3, -0.25) is 14.9 Å². The zero-order valence-electron chi connectivity index (χ0n) is 10.8. The van der Waals surface area contributed by atoms with Gasteiger partial charge < -0.3 is 5.21 Å². The molecule has 98 valence electrons. The zero-order chi connectivity index (χ0) is 13.8. The van der Waals surface area contributed by atoms with Crippen molar-refractivity contribution in [2.24, 2.45) is 5.16 Å². The first kappa shape index (κ1) is 12.9. The van der Waals surface area contributed by atoms with Crippen LogP contribution in [-0.4, -0.2) is 21.5 Å². The fourth-order valence-corrected chi connectivity index (χ4v) is 1.83. The van der Waals surface area contributed by atoms with Gasteiger partial charge in [-0.15, -0.1) is 0 Å². The molecular formula is C14H15N3O2. The Morgan fingerprint density at radius 3 is 2.21 bits per heavy atom. The fourth-order valence-electron chi connectivity index (χ4n) is 1.83. The van der Waals surface area contributed by atoms with Crippen LogP contribution in [0.5, 0.6) is 0 Å². The summed E-state index contributed by atoms with van der Waals surface area (Å²) < 4.78 is 1.65. The third-order valence-corrected chi connectivity index (χ3v) is 2.85. The largest absolute Gasteiger partial charge is 0.410 e. The molecule has 5 nitrogen and oxygen atoms in total. The number of nitrogens with zero attached hydrogens (tertiary/aromatic N) is 2. The lowest BCUT2D eigenvalue weighted by Crippen LogP contribution is -2.31. The molecule has 0 saturated carbocycles. The van der Waals surface area contributed by atoms with E-state index in [1.807, 2.05) is 32.0 Å². The van der Waals surface area contributed by atoms with Crippen molar-refractivity contribution in [3.63, 3.8) is 0 Å². The Labute approximate surface area is 111 Å². The van der Waals surface area contributed by atoms with Crippen molar-refractivity contribution in [2.45, 2.75) is 13.8 Å². The van der Waals surface area contributed by atoms with Gasteiger partial charge in [0.1, 0.15) is 0 Å². The lowest BCUT2D eigenvalue weighted by atomic mass is 10.1. The number of amides is 1. The number of carbonyl (C=O) groups excluding carboxylic acids is 1. The minimum Gasteiger partial charge on any atom is -0.410 e. The quantitative estimate of drug-likeness (QED) is 0.502. The molecule has 0 bridgehead atoms. The van der Waals surface area contributed by atoms with Gasteiger partial charge in [-0.2, -0.15) is 0 Å². The van der Waals surface area contributed by atoms with Crippen molar-refractivity contribution in [1.82, 2.24) is 4.68 Å². The van der Waals surface area contributed by atoms with Gasteiger partial charge in [0.25, 0.3) is 5.91 Å². The maximum Gasteiger partial charge on any atom is 0.292 e. The van der Waals surface area contributed by atoms with Crippen LogP contribution in [0.2, 0.25) is 0 Å². The van der Waals surface area contributed by atoms with E-state index in [4.69, 9.17) is 5.21 Å². The van der Waals surface area contributed by atoms with Gasteiger partial charge in [0.05, 0.1) is 0 Å². The van der Waals surface area contributed by atoms with E-state index in [1.54, 1.807) is 28.9 Å². The van der Waals surface area contributed by atoms with Gasteiger partial charge in [0.15, 0.2) is 5.71 Å². The summed E-state index contributed by atoms with van der Waals surface area (Å²) in [5.41, 5.74) is 5.03. The Kier molecular flexibility index (Phi) is 3.66. The van der Waals surface area contributed by atoms with Crippen LogP contribution in [0.3, 0.4) is 0 Å². The summed E-state index contributed by atoms with van der Waals surface area (Å²) in [5.74, 6) is -0.462. The van der Waals surface area contributed by atoms with Gasteiger partial charge in [0.2, 0.25) is 0 Å². The van der Waals surface area contributed by atoms with E-state index in [-0.39, 0.29) is 5.71 Å². The molecule has 0 aliphatic rings. The zero-order valence-corrected chi connectivity index (χ0v) is 10.8. The van der Waals surface area contributed by atoms with Crippen molar-refractivity contribution in [3.8, 4) is 0 Å². The highest BCUT2D eigenvalue weighted by atomic mass is 16.4. The summed E-state index contributed by atoms with van der Waals surface area (Å²) in [6.45, 7) is 3.76. The summed E-state index contributed by atoms with van der Waals surface area (Å²) >= 11 is 0. The monoisotopic (exact) mass is 257 g/mol. The van der Waals surface area contributed by atoms with Gasteiger partial charge in [0, 0.05) is 17.0 Å². The van der Waals surface area contributed by atoms with E-state index in [2.05, 4.69) is 10.6 Å². The number of rotatable bonds is 3. The molecule has 2 aromatic rings. The average Bonchev–Trinajstić information content (AvgIpc) is 2.73. The van der Waals surface area contributed by atoms with Crippen LogP contribution in [0.1, 0.15) is 17.0 Å². The van der Waals surface area contributed by atoms with Crippen LogP contribution in [-0.2, 0) is 4.79 Å². The number of benzene rings is 1. The first-order chi connectivity index (χ1) is 9.13. The lowest BCUT2D eigenvalue weighted by molar-refractivity contribution is -0.111. The highest BCUT2D eigenvalue weighted by molar-refractivity contribution is 6.47. The van der Waals surface area contributed by atoms with Gasteiger partial charge in [-0.1, -0.05) is 35.5 Å². The molecule has 0 saturated heterocycles. The van der Waals surface area contributed by atoms with Crippen LogP contribution in [0.25, 0.3) is 0 Å². The Morgan fingerprint density at radius 1 is 1.11 bits per heavy atom. The molecule has 5 heteroatoms. The maximum absolute atomic E-state index is 12.1. The second-order valence-corrected chi connectivity index (χ2v) is 4.21. The number of nitrogens with one attached hydrogen (secondary N) is 1. The second kappa shape index (κ2) is 5.39. The number of carbonyl (C=O) groups is 1. The van der Waals surface area contributed by atoms with Crippen molar-refractivity contribution in [1.29, 1.82) is 0 Å². The second-order valence-electron chi connectivity index (χ2n) is 4.21. The molecule has 0 fully saturated rings. The topological polar surface area (TPSA) is 66.6 Å². The molecule has 0 spiro atoms. The molecule has 2 rings (SSSR count). The summed E-state index contributed by atoms with van der Waals surface area (Å²) in [5, 5.41) is 12.1. The van der Waals surface area contributed by atoms with E-state index in [0.29, 0.717) is 5.56 Å². The van der Waals surface area contributed by atoms with Gasteiger partial charge in [-0.05, 0) is 26.0 Å². The van der Waals surface area contributed by atoms with E-state index in [9.17, 15) is 4.79 Å². The van der Waals surface area contributed by atoms with Gasteiger partial charge >= 0.3 is 0 Å². The van der Waals surface area contributed by atoms with Gasteiger partial charge in [-0.25, -0.2) is 0 Å². The molecule has 1 amide bonds. The van der Waals surface area contributed by atoms with Crippen LogP contribution in [0.4, 0.5) is 0 Å². The fraction of sp³-hybridized carbons (Fsp3) is 0.143. The Hall–Kier alpha value is -2.56. The number of hydrogen-bond donors (Lipinski definition) is 2. The van der Waals surface area contributed by atoms with Crippen LogP contribution >= 0.6 is 0 Å². The lowest BCUT2D eigenvalue weighted by Gasteiger charge is -2.11. The van der Waals surface area contributed by atoms with Crippen molar-refractivity contribution in [2.75, 3.05) is 5.43 Å². The minimum atomic E-state index is -0.462. The van der Waals surface area contributed by atoms with E-state index in [1.165, 1.54) is 0 Å². The summed E-state index contributed by atoms with van der Waals surface area (Å²) in [7, 11) is 0. The first-order valence-corrected chi connectivity index (χ1v) is 5.87. The normalized spacial score (nSPS) is 11.4.